The lowest BCUT2D eigenvalue weighted by Crippen LogP contribution is -2.54. The first-order chi connectivity index (χ1) is 13.7. The number of piperidine rings is 1. The van der Waals surface area contributed by atoms with Crippen LogP contribution in [0.5, 0.6) is 0 Å². The SMILES string of the molecule is O=C(C1CCCO1)N1CCN(C(C(=O)N2CCCCC2)c2ccccc2)CC1. The molecule has 0 spiro atoms. The average molecular weight is 386 g/mol. The molecule has 2 atom stereocenters. The van der Waals surface area contributed by atoms with Gasteiger partial charge < -0.3 is 14.5 Å². The molecule has 3 aliphatic heterocycles. The highest BCUT2D eigenvalue weighted by Gasteiger charge is 2.36. The smallest absolute Gasteiger partial charge is 0.251 e. The predicted molar refractivity (Wildman–Crippen MR) is 107 cm³/mol. The summed E-state index contributed by atoms with van der Waals surface area (Å²) in [6.45, 7) is 5.18. The first-order valence-corrected chi connectivity index (χ1v) is 10.7. The third kappa shape index (κ3) is 4.23. The second-order valence-corrected chi connectivity index (χ2v) is 8.06. The van der Waals surface area contributed by atoms with E-state index in [1.54, 1.807) is 0 Å². The second kappa shape index (κ2) is 9.05. The molecule has 4 rings (SSSR count). The Morgan fingerprint density at radius 1 is 0.857 bits per heavy atom. The van der Waals surface area contributed by atoms with Gasteiger partial charge in [-0.15, -0.1) is 0 Å². The fourth-order valence-electron chi connectivity index (χ4n) is 4.61. The summed E-state index contributed by atoms with van der Waals surface area (Å²) < 4.78 is 5.56. The van der Waals surface area contributed by atoms with Gasteiger partial charge >= 0.3 is 0 Å². The summed E-state index contributed by atoms with van der Waals surface area (Å²) in [6.07, 6.45) is 4.94. The van der Waals surface area contributed by atoms with Crippen LogP contribution in [0.15, 0.2) is 30.3 Å². The molecule has 0 radical (unpaired) electrons. The molecule has 3 aliphatic rings. The number of benzene rings is 1. The topological polar surface area (TPSA) is 53.1 Å². The van der Waals surface area contributed by atoms with E-state index >= 15 is 0 Å². The molecule has 1 aromatic rings. The number of amides is 2. The van der Waals surface area contributed by atoms with Gasteiger partial charge in [-0.05, 0) is 37.7 Å². The lowest BCUT2D eigenvalue weighted by Gasteiger charge is -2.41. The van der Waals surface area contributed by atoms with Crippen LogP contribution in [0.1, 0.15) is 43.7 Å². The molecule has 28 heavy (non-hydrogen) atoms. The van der Waals surface area contributed by atoms with Gasteiger partial charge in [-0.1, -0.05) is 30.3 Å². The molecule has 3 heterocycles. The van der Waals surface area contributed by atoms with Gasteiger partial charge in [0.2, 0.25) is 5.91 Å². The fraction of sp³-hybridized carbons (Fsp3) is 0.636. The summed E-state index contributed by atoms with van der Waals surface area (Å²) in [5.41, 5.74) is 1.05. The molecule has 0 bridgehead atoms. The monoisotopic (exact) mass is 385 g/mol. The van der Waals surface area contributed by atoms with Crippen molar-refractivity contribution in [1.82, 2.24) is 14.7 Å². The number of carbonyl (C=O) groups is 2. The minimum absolute atomic E-state index is 0.121. The summed E-state index contributed by atoms with van der Waals surface area (Å²) in [6, 6.07) is 9.85. The van der Waals surface area contributed by atoms with Gasteiger partial charge in [0, 0.05) is 45.9 Å². The Labute approximate surface area is 167 Å². The van der Waals surface area contributed by atoms with Gasteiger partial charge in [-0.3, -0.25) is 14.5 Å². The zero-order chi connectivity index (χ0) is 19.3. The Kier molecular flexibility index (Phi) is 6.27. The molecule has 0 N–H and O–H groups in total. The molecule has 0 aromatic heterocycles. The molecular formula is C22H31N3O3. The van der Waals surface area contributed by atoms with Crippen molar-refractivity contribution in [2.24, 2.45) is 0 Å². The minimum atomic E-state index is -0.258. The third-order valence-corrected chi connectivity index (χ3v) is 6.21. The Morgan fingerprint density at radius 3 is 2.21 bits per heavy atom. The van der Waals surface area contributed by atoms with Crippen molar-refractivity contribution in [3.63, 3.8) is 0 Å². The van der Waals surface area contributed by atoms with E-state index < -0.39 is 0 Å². The van der Waals surface area contributed by atoms with Crippen LogP contribution < -0.4 is 0 Å². The fourth-order valence-corrected chi connectivity index (χ4v) is 4.61. The number of rotatable bonds is 4. The van der Waals surface area contributed by atoms with Crippen molar-refractivity contribution in [1.29, 1.82) is 0 Å². The summed E-state index contributed by atoms with van der Waals surface area (Å²) in [5.74, 6) is 0.334. The van der Waals surface area contributed by atoms with E-state index in [-0.39, 0.29) is 24.0 Å². The molecular weight excluding hydrogens is 354 g/mol. The largest absolute Gasteiger partial charge is 0.368 e. The zero-order valence-corrected chi connectivity index (χ0v) is 16.6. The maximum absolute atomic E-state index is 13.4. The summed E-state index contributed by atoms with van der Waals surface area (Å²) in [5, 5.41) is 0. The number of hydrogen-bond donors (Lipinski definition) is 0. The minimum Gasteiger partial charge on any atom is -0.368 e. The van der Waals surface area contributed by atoms with E-state index in [1.807, 2.05) is 28.0 Å². The molecule has 152 valence electrons. The summed E-state index contributed by atoms with van der Waals surface area (Å²) >= 11 is 0. The quantitative estimate of drug-likeness (QED) is 0.796. The molecule has 6 heteroatoms. The second-order valence-electron chi connectivity index (χ2n) is 8.06. The van der Waals surface area contributed by atoms with Gasteiger partial charge in [-0.25, -0.2) is 0 Å². The molecule has 0 saturated carbocycles. The molecule has 0 aliphatic carbocycles. The standard InChI is InChI=1S/C22H31N3O3/c26-21(19-10-7-17-28-19)25-15-13-23(14-16-25)20(18-8-3-1-4-9-18)22(27)24-11-5-2-6-12-24/h1,3-4,8-9,19-20H,2,5-7,10-17H2. The van der Waals surface area contributed by atoms with Crippen LogP contribution >= 0.6 is 0 Å². The van der Waals surface area contributed by atoms with Crippen molar-refractivity contribution in [2.75, 3.05) is 45.9 Å². The van der Waals surface area contributed by atoms with Crippen molar-refractivity contribution < 1.29 is 14.3 Å². The highest BCUT2D eigenvalue weighted by molar-refractivity contribution is 5.84. The Balaban J connectivity index is 1.45. The number of carbonyl (C=O) groups excluding carboxylic acids is 2. The number of piperazine rings is 1. The van der Waals surface area contributed by atoms with Crippen molar-refractivity contribution in [2.45, 2.75) is 44.2 Å². The van der Waals surface area contributed by atoms with Crippen LogP contribution in [-0.2, 0) is 14.3 Å². The van der Waals surface area contributed by atoms with Gasteiger partial charge in [0.1, 0.15) is 12.1 Å². The van der Waals surface area contributed by atoms with Crippen LogP contribution in [0.25, 0.3) is 0 Å². The maximum atomic E-state index is 13.4. The van der Waals surface area contributed by atoms with Crippen LogP contribution in [-0.4, -0.2) is 78.5 Å². The van der Waals surface area contributed by atoms with Crippen molar-refractivity contribution in [3.05, 3.63) is 35.9 Å². The lowest BCUT2D eigenvalue weighted by molar-refractivity contribution is -0.145. The van der Waals surface area contributed by atoms with Crippen molar-refractivity contribution in [3.8, 4) is 0 Å². The van der Waals surface area contributed by atoms with Gasteiger partial charge in [0.05, 0.1) is 0 Å². The number of nitrogens with zero attached hydrogens (tertiary/aromatic N) is 3. The predicted octanol–water partition coefficient (Wildman–Crippen LogP) is 2.06. The average Bonchev–Trinajstić information content (AvgIpc) is 3.30. The summed E-state index contributed by atoms with van der Waals surface area (Å²) in [4.78, 5) is 32.2. The van der Waals surface area contributed by atoms with Crippen molar-refractivity contribution >= 4 is 11.8 Å². The van der Waals surface area contributed by atoms with Crippen LogP contribution in [0.3, 0.4) is 0 Å². The number of likely N-dealkylation sites (tertiary alicyclic amines) is 1. The van der Waals surface area contributed by atoms with E-state index in [9.17, 15) is 9.59 Å². The third-order valence-electron chi connectivity index (χ3n) is 6.21. The Morgan fingerprint density at radius 2 is 1.57 bits per heavy atom. The highest BCUT2D eigenvalue weighted by atomic mass is 16.5. The van der Waals surface area contributed by atoms with E-state index in [0.29, 0.717) is 19.7 Å². The first-order valence-electron chi connectivity index (χ1n) is 10.7. The molecule has 1 aromatic carbocycles. The van der Waals surface area contributed by atoms with Gasteiger partial charge in [0.25, 0.3) is 5.91 Å². The van der Waals surface area contributed by atoms with Crippen LogP contribution in [0.4, 0.5) is 0 Å². The first kappa shape index (κ1) is 19.4. The normalized spacial score (nSPS) is 24.9. The lowest BCUT2D eigenvalue weighted by atomic mass is 10.0. The molecule has 6 nitrogen and oxygen atoms in total. The van der Waals surface area contributed by atoms with E-state index in [2.05, 4.69) is 17.0 Å². The zero-order valence-electron chi connectivity index (χ0n) is 16.6. The highest BCUT2D eigenvalue weighted by Crippen LogP contribution is 2.27. The van der Waals surface area contributed by atoms with Gasteiger partial charge in [0.15, 0.2) is 0 Å². The molecule has 2 amide bonds. The van der Waals surface area contributed by atoms with Crippen LogP contribution in [0.2, 0.25) is 0 Å². The van der Waals surface area contributed by atoms with E-state index in [0.717, 1.165) is 57.4 Å². The molecule has 3 saturated heterocycles. The Hall–Kier alpha value is -1.92. The maximum Gasteiger partial charge on any atom is 0.251 e. The van der Waals surface area contributed by atoms with E-state index in [1.165, 1.54) is 6.42 Å². The van der Waals surface area contributed by atoms with Gasteiger partial charge in [-0.2, -0.15) is 0 Å². The number of hydrogen-bond acceptors (Lipinski definition) is 4. The Bertz CT molecular complexity index is 661. The molecule has 2 unspecified atom stereocenters. The summed E-state index contributed by atoms with van der Waals surface area (Å²) in [7, 11) is 0. The van der Waals surface area contributed by atoms with Crippen LogP contribution in [0, 0.1) is 0 Å². The molecule has 3 fully saturated rings. The number of ether oxygens (including phenoxy) is 1. The van der Waals surface area contributed by atoms with E-state index in [4.69, 9.17) is 4.74 Å².